The van der Waals surface area contributed by atoms with Crippen molar-refractivity contribution in [2.24, 2.45) is 0 Å². The van der Waals surface area contributed by atoms with Crippen LogP contribution in [-0.2, 0) is 16.0 Å². The van der Waals surface area contributed by atoms with E-state index in [4.69, 9.17) is 11.6 Å². The fraction of sp³-hybridized carbons (Fsp3) is 0.238. The first kappa shape index (κ1) is 19.0. The molecule has 3 N–H and O–H groups in total. The second kappa shape index (κ2) is 8.27. The van der Waals surface area contributed by atoms with Gasteiger partial charge in [-0.25, -0.2) is 0 Å². The molecule has 0 saturated heterocycles. The highest BCUT2D eigenvalue weighted by molar-refractivity contribution is 6.31. The van der Waals surface area contributed by atoms with E-state index >= 15 is 0 Å². The summed E-state index contributed by atoms with van der Waals surface area (Å²) in [5, 5.41) is 7.35. The zero-order valence-electron chi connectivity index (χ0n) is 15.3. The van der Waals surface area contributed by atoms with Crippen LogP contribution in [-0.4, -0.2) is 22.8 Å². The van der Waals surface area contributed by atoms with Crippen molar-refractivity contribution >= 4 is 34.3 Å². The summed E-state index contributed by atoms with van der Waals surface area (Å²) in [6.45, 7) is 3.28. The van der Waals surface area contributed by atoms with Gasteiger partial charge >= 0.3 is 0 Å². The van der Waals surface area contributed by atoms with Crippen molar-refractivity contribution in [1.29, 1.82) is 0 Å². The lowest BCUT2D eigenvalue weighted by Crippen LogP contribution is -2.48. The van der Waals surface area contributed by atoms with E-state index in [1.807, 2.05) is 55.6 Å². The molecule has 0 spiro atoms. The van der Waals surface area contributed by atoms with Crippen LogP contribution in [0.1, 0.15) is 31.0 Å². The van der Waals surface area contributed by atoms with Gasteiger partial charge in [0.15, 0.2) is 0 Å². The first-order chi connectivity index (χ1) is 13.0. The van der Waals surface area contributed by atoms with E-state index in [2.05, 4.69) is 15.6 Å². The minimum Gasteiger partial charge on any atom is -0.361 e. The number of carbonyl (C=O) groups is 2. The van der Waals surface area contributed by atoms with E-state index < -0.39 is 6.04 Å². The fourth-order valence-electron chi connectivity index (χ4n) is 3.19. The highest BCUT2D eigenvalue weighted by Gasteiger charge is 2.23. The maximum atomic E-state index is 12.9. The van der Waals surface area contributed by atoms with Gasteiger partial charge in [0, 0.05) is 35.5 Å². The number of rotatable bonds is 6. The van der Waals surface area contributed by atoms with Crippen LogP contribution < -0.4 is 10.6 Å². The number of H-pyrrole nitrogens is 1. The molecule has 1 unspecified atom stereocenters. The van der Waals surface area contributed by atoms with Gasteiger partial charge in [-0.1, -0.05) is 48.0 Å². The molecule has 0 fully saturated rings. The van der Waals surface area contributed by atoms with E-state index in [-0.39, 0.29) is 17.9 Å². The summed E-state index contributed by atoms with van der Waals surface area (Å²) in [4.78, 5) is 27.7. The number of nitrogens with one attached hydrogen (secondary N) is 3. The van der Waals surface area contributed by atoms with Crippen LogP contribution in [0.3, 0.4) is 0 Å². The standard InChI is InChI=1S/C21H22ClN3O2/c1-13(16-7-3-5-9-18(16)22)24-21(27)20(25-14(2)26)11-15-12-23-19-10-6-4-8-17(15)19/h3-10,12-13,20,23H,11H2,1-2H3,(H,24,27)(H,25,26)/t13?,20-/m0/s1. The van der Waals surface area contributed by atoms with Gasteiger partial charge in [-0.3, -0.25) is 9.59 Å². The Balaban J connectivity index is 1.78. The maximum absolute atomic E-state index is 12.9. The summed E-state index contributed by atoms with van der Waals surface area (Å²) in [5.74, 6) is -0.497. The van der Waals surface area contributed by atoms with Gasteiger partial charge < -0.3 is 15.6 Å². The number of benzene rings is 2. The monoisotopic (exact) mass is 383 g/mol. The molecule has 2 amide bonds. The van der Waals surface area contributed by atoms with Crippen molar-refractivity contribution in [2.45, 2.75) is 32.4 Å². The molecule has 0 radical (unpaired) electrons. The van der Waals surface area contributed by atoms with Gasteiger partial charge in [0.05, 0.1) is 6.04 Å². The molecule has 0 saturated carbocycles. The Labute approximate surface area is 163 Å². The van der Waals surface area contributed by atoms with E-state index in [0.717, 1.165) is 22.0 Å². The highest BCUT2D eigenvalue weighted by Crippen LogP contribution is 2.23. The van der Waals surface area contributed by atoms with Gasteiger partial charge in [-0.2, -0.15) is 0 Å². The molecule has 27 heavy (non-hydrogen) atoms. The lowest BCUT2D eigenvalue weighted by atomic mass is 10.0. The Kier molecular flexibility index (Phi) is 5.81. The third-order valence-electron chi connectivity index (χ3n) is 4.52. The predicted molar refractivity (Wildman–Crippen MR) is 108 cm³/mol. The minimum absolute atomic E-state index is 0.247. The summed E-state index contributed by atoms with van der Waals surface area (Å²) in [6, 6.07) is 14.3. The predicted octanol–water partition coefficient (Wildman–Crippen LogP) is 3.75. The van der Waals surface area contributed by atoms with Crippen LogP contribution in [0.4, 0.5) is 0 Å². The zero-order valence-corrected chi connectivity index (χ0v) is 16.0. The second-order valence-electron chi connectivity index (χ2n) is 6.57. The molecular formula is C21H22ClN3O2. The summed E-state index contributed by atoms with van der Waals surface area (Å²) >= 11 is 6.22. The first-order valence-corrected chi connectivity index (χ1v) is 9.20. The van der Waals surface area contributed by atoms with Gasteiger partial charge in [0.1, 0.15) is 6.04 Å². The lowest BCUT2D eigenvalue weighted by molar-refractivity contribution is -0.128. The van der Waals surface area contributed by atoms with E-state index in [1.54, 1.807) is 6.07 Å². The number of aromatic nitrogens is 1. The molecule has 6 heteroatoms. The number of halogens is 1. The summed E-state index contributed by atoms with van der Waals surface area (Å²) in [7, 11) is 0. The van der Waals surface area contributed by atoms with Gasteiger partial charge in [0.2, 0.25) is 11.8 Å². The number of carbonyl (C=O) groups excluding carboxylic acids is 2. The molecule has 0 aliphatic carbocycles. The van der Waals surface area contributed by atoms with Crippen LogP contribution in [0.2, 0.25) is 5.02 Å². The molecular weight excluding hydrogens is 362 g/mol. The van der Waals surface area contributed by atoms with Crippen molar-refractivity contribution in [1.82, 2.24) is 15.6 Å². The van der Waals surface area contributed by atoms with Crippen LogP contribution in [0.15, 0.2) is 54.7 Å². The Morgan fingerprint density at radius 2 is 1.78 bits per heavy atom. The van der Waals surface area contributed by atoms with Crippen molar-refractivity contribution < 1.29 is 9.59 Å². The van der Waals surface area contributed by atoms with Crippen LogP contribution >= 0.6 is 11.6 Å². The van der Waals surface area contributed by atoms with Gasteiger partial charge in [-0.05, 0) is 30.2 Å². The van der Waals surface area contributed by atoms with Crippen LogP contribution in [0.25, 0.3) is 10.9 Å². The Bertz CT molecular complexity index is 967. The second-order valence-corrected chi connectivity index (χ2v) is 6.98. The quantitative estimate of drug-likeness (QED) is 0.606. The number of fused-ring (bicyclic) bond motifs is 1. The van der Waals surface area contributed by atoms with E-state index in [1.165, 1.54) is 6.92 Å². The molecule has 1 heterocycles. The molecule has 1 aromatic heterocycles. The maximum Gasteiger partial charge on any atom is 0.243 e. The topological polar surface area (TPSA) is 74.0 Å². The van der Waals surface area contributed by atoms with Crippen molar-refractivity contribution in [3.05, 3.63) is 70.9 Å². The molecule has 3 rings (SSSR count). The average Bonchev–Trinajstić information content (AvgIpc) is 3.04. The van der Waals surface area contributed by atoms with Crippen molar-refractivity contribution in [2.75, 3.05) is 0 Å². The van der Waals surface area contributed by atoms with Crippen molar-refractivity contribution in [3.63, 3.8) is 0 Å². The van der Waals surface area contributed by atoms with E-state index in [0.29, 0.717) is 11.4 Å². The number of hydrogen-bond acceptors (Lipinski definition) is 2. The molecule has 0 aliphatic rings. The highest BCUT2D eigenvalue weighted by atomic mass is 35.5. The number of amides is 2. The lowest BCUT2D eigenvalue weighted by Gasteiger charge is -2.21. The number of para-hydroxylation sites is 1. The summed E-state index contributed by atoms with van der Waals surface area (Å²) in [6.07, 6.45) is 2.27. The molecule has 5 nitrogen and oxygen atoms in total. The molecule has 2 aromatic carbocycles. The third-order valence-corrected chi connectivity index (χ3v) is 4.87. The zero-order chi connectivity index (χ0) is 19.4. The first-order valence-electron chi connectivity index (χ1n) is 8.82. The average molecular weight is 384 g/mol. The van der Waals surface area contributed by atoms with Crippen LogP contribution in [0.5, 0.6) is 0 Å². The number of aromatic amines is 1. The van der Waals surface area contributed by atoms with Gasteiger partial charge in [0.25, 0.3) is 0 Å². The molecule has 3 aromatic rings. The Morgan fingerprint density at radius 1 is 1.07 bits per heavy atom. The van der Waals surface area contributed by atoms with E-state index in [9.17, 15) is 9.59 Å². The largest absolute Gasteiger partial charge is 0.361 e. The molecule has 140 valence electrons. The Morgan fingerprint density at radius 3 is 2.52 bits per heavy atom. The minimum atomic E-state index is -0.674. The molecule has 0 aliphatic heterocycles. The third kappa shape index (κ3) is 4.49. The summed E-state index contributed by atoms with van der Waals surface area (Å²) < 4.78 is 0. The SMILES string of the molecule is CC(=O)N[C@@H](Cc1c[nH]c2ccccc12)C(=O)NC(C)c1ccccc1Cl. The Hall–Kier alpha value is -2.79. The van der Waals surface area contributed by atoms with Gasteiger partial charge in [-0.15, -0.1) is 0 Å². The fourth-order valence-corrected chi connectivity index (χ4v) is 3.49. The smallest absolute Gasteiger partial charge is 0.243 e. The molecule has 0 bridgehead atoms. The van der Waals surface area contributed by atoms with Crippen molar-refractivity contribution in [3.8, 4) is 0 Å². The number of hydrogen-bond donors (Lipinski definition) is 3. The van der Waals surface area contributed by atoms with Crippen LogP contribution in [0, 0.1) is 0 Å². The normalized spacial score (nSPS) is 13.1. The summed E-state index contributed by atoms with van der Waals surface area (Å²) in [5.41, 5.74) is 2.81. The molecule has 2 atom stereocenters.